The third-order valence-corrected chi connectivity index (χ3v) is 3.67. The fourth-order valence-corrected chi connectivity index (χ4v) is 2.67. The number of nitrogens with zero attached hydrogens (tertiary/aromatic N) is 2. The summed E-state index contributed by atoms with van der Waals surface area (Å²) in [7, 11) is 0. The maximum Gasteiger partial charge on any atom is 0.240 e. The van der Waals surface area contributed by atoms with Gasteiger partial charge in [-0.2, -0.15) is 0 Å². The first-order chi connectivity index (χ1) is 9.66. The predicted octanol–water partition coefficient (Wildman–Crippen LogP) is 0.847. The Kier molecular flexibility index (Phi) is 3.14. The number of primary amides is 1. The number of hydrogen-bond acceptors (Lipinski definition) is 4. The molecule has 2 heterocycles. The Morgan fingerprint density at radius 1 is 1.40 bits per heavy atom. The molecule has 1 aromatic heterocycles. The van der Waals surface area contributed by atoms with Crippen molar-refractivity contribution < 1.29 is 14.1 Å². The Bertz CT molecular complexity index is 664. The molecule has 0 bridgehead atoms. The van der Waals surface area contributed by atoms with E-state index < -0.39 is 11.9 Å². The molecule has 1 aromatic carbocycles. The molecule has 0 aliphatic carbocycles. The molecule has 0 unspecified atom stereocenters. The zero-order valence-electron chi connectivity index (χ0n) is 10.9. The lowest BCUT2D eigenvalue weighted by Gasteiger charge is -2.21. The minimum atomic E-state index is -0.485. The number of fused-ring (bicyclic) bond motifs is 1. The van der Waals surface area contributed by atoms with Gasteiger partial charge in [-0.3, -0.25) is 9.59 Å². The number of likely N-dealkylation sites (tertiary alicyclic amines) is 1. The van der Waals surface area contributed by atoms with E-state index in [4.69, 9.17) is 10.3 Å². The average molecular weight is 273 g/mol. The number of hydrogen-bond donors (Lipinski definition) is 1. The minimum Gasteiger partial charge on any atom is -0.368 e. The van der Waals surface area contributed by atoms with Crippen LogP contribution in [0.4, 0.5) is 0 Å². The zero-order chi connectivity index (χ0) is 14.1. The molecule has 1 aliphatic heterocycles. The molecule has 1 atom stereocenters. The summed E-state index contributed by atoms with van der Waals surface area (Å²) in [5, 5.41) is 4.77. The van der Waals surface area contributed by atoms with Crippen LogP contribution in [0, 0.1) is 0 Å². The van der Waals surface area contributed by atoms with Crippen molar-refractivity contribution >= 4 is 22.8 Å². The monoisotopic (exact) mass is 273 g/mol. The van der Waals surface area contributed by atoms with Crippen molar-refractivity contribution in [2.24, 2.45) is 5.73 Å². The van der Waals surface area contributed by atoms with Crippen molar-refractivity contribution in [2.75, 3.05) is 6.54 Å². The first-order valence-electron chi connectivity index (χ1n) is 6.59. The fourth-order valence-electron chi connectivity index (χ4n) is 2.67. The SMILES string of the molecule is NC(=O)[C@@H]1CCCN1C(=O)Cc1noc2ccccc12. The molecule has 3 rings (SSSR count). The lowest BCUT2D eigenvalue weighted by molar-refractivity contribution is -0.136. The van der Waals surface area contributed by atoms with Crippen LogP contribution in [0.5, 0.6) is 0 Å². The second-order valence-electron chi connectivity index (χ2n) is 4.95. The van der Waals surface area contributed by atoms with Gasteiger partial charge in [-0.05, 0) is 25.0 Å². The van der Waals surface area contributed by atoms with Gasteiger partial charge in [-0.15, -0.1) is 0 Å². The number of aromatic nitrogens is 1. The van der Waals surface area contributed by atoms with E-state index in [1.54, 1.807) is 11.0 Å². The molecule has 1 fully saturated rings. The number of amides is 2. The molecule has 6 nitrogen and oxygen atoms in total. The topological polar surface area (TPSA) is 89.4 Å². The summed E-state index contributed by atoms with van der Waals surface area (Å²) in [5.41, 5.74) is 6.58. The zero-order valence-corrected chi connectivity index (χ0v) is 10.9. The van der Waals surface area contributed by atoms with Crippen molar-refractivity contribution in [3.8, 4) is 0 Å². The summed E-state index contributed by atoms with van der Waals surface area (Å²) in [6.45, 7) is 0.572. The Hall–Kier alpha value is -2.37. The molecule has 6 heteroatoms. The molecule has 0 saturated carbocycles. The first kappa shape index (κ1) is 12.7. The normalized spacial score (nSPS) is 18.6. The number of benzene rings is 1. The highest BCUT2D eigenvalue weighted by Crippen LogP contribution is 2.21. The molecular weight excluding hydrogens is 258 g/mol. The van der Waals surface area contributed by atoms with Crippen LogP contribution < -0.4 is 5.73 Å². The van der Waals surface area contributed by atoms with E-state index >= 15 is 0 Å². The molecule has 2 aromatic rings. The van der Waals surface area contributed by atoms with Crippen molar-refractivity contribution in [3.63, 3.8) is 0 Å². The Morgan fingerprint density at radius 2 is 2.20 bits per heavy atom. The van der Waals surface area contributed by atoms with Crippen LogP contribution in [0.25, 0.3) is 11.0 Å². The van der Waals surface area contributed by atoms with Gasteiger partial charge in [0.2, 0.25) is 11.8 Å². The number of carbonyl (C=O) groups is 2. The van der Waals surface area contributed by atoms with Gasteiger partial charge >= 0.3 is 0 Å². The number of carbonyl (C=O) groups excluding carboxylic acids is 2. The average Bonchev–Trinajstić information content (AvgIpc) is 3.06. The minimum absolute atomic E-state index is 0.126. The summed E-state index contributed by atoms with van der Waals surface area (Å²) in [6.07, 6.45) is 1.57. The van der Waals surface area contributed by atoms with E-state index in [0.29, 0.717) is 24.2 Å². The molecule has 0 spiro atoms. The standard InChI is InChI=1S/C14H15N3O3/c15-14(19)11-5-3-7-17(11)13(18)8-10-9-4-1-2-6-12(9)20-16-10/h1-2,4,6,11H,3,5,7-8H2,(H2,15,19)/t11-/m0/s1. The number of nitrogens with two attached hydrogens (primary N) is 1. The molecule has 2 N–H and O–H groups in total. The van der Waals surface area contributed by atoms with Crippen molar-refractivity contribution in [2.45, 2.75) is 25.3 Å². The predicted molar refractivity (Wildman–Crippen MR) is 71.6 cm³/mol. The molecule has 2 amide bonds. The van der Waals surface area contributed by atoms with Gasteiger partial charge in [0, 0.05) is 11.9 Å². The summed E-state index contributed by atoms with van der Waals surface area (Å²) >= 11 is 0. The molecule has 1 aliphatic rings. The number of rotatable bonds is 3. The first-order valence-corrected chi connectivity index (χ1v) is 6.59. The maximum atomic E-state index is 12.3. The maximum absolute atomic E-state index is 12.3. The van der Waals surface area contributed by atoms with E-state index in [1.165, 1.54) is 0 Å². The molecule has 104 valence electrons. The molecule has 20 heavy (non-hydrogen) atoms. The van der Waals surface area contributed by atoms with Crippen molar-refractivity contribution in [3.05, 3.63) is 30.0 Å². The molecule has 0 radical (unpaired) electrons. The van der Waals surface area contributed by atoms with Gasteiger partial charge in [0.15, 0.2) is 5.58 Å². The fraction of sp³-hybridized carbons (Fsp3) is 0.357. The Labute approximate surface area is 115 Å². The number of para-hydroxylation sites is 1. The van der Waals surface area contributed by atoms with Gasteiger partial charge in [-0.25, -0.2) is 0 Å². The van der Waals surface area contributed by atoms with E-state index in [9.17, 15) is 9.59 Å². The Balaban J connectivity index is 1.80. The summed E-state index contributed by atoms with van der Waals surface area (Å²) in [6, 6.07) is 6.90. The van der Waals surface area contributed by atoms with Crippen LogP contribution in [-0.4, -0.2) is 34.5 Å². The van der Waals surface area contributed by atoms with Crippen molar-refractivity contribution in [1.29, 1.82) is 0 Å². The van der Waals surface area contributed by atoms with Gasteiger partial charge in [0.1, 0.15) is 11.7 Å². The van der Waals surface area contributed by atoms with Gasteiger partial charge < -0.3 is 15.2 Å². The second kappa shape index (κ2) is 4.96. The van der Waals surface area contributed by atoms with Crippen LogP contribution >= 0.6 is 0 Å². The third kappa shape index (κ3) is 2.13. The highest BCUT2D eigenvalue weighted by molar-refractivity contribution is 5.90. The third-order valence-electron chi connectivity index (χ3n) is 3.67. The van der Waals surface area contributed by atoms with Crippen LogP contribution in [0.1, 0.15) is 18.5 Å². The van der Waals surface area contributed by atoms with Gasteiger partial charge in [-0.1, -0.05) is 17.3 Å². The van der Waals surface area contributed by atoms with Crippen LogP contribution in [-0.2, 0) is 16.0 Å². The van der Waals surface area contributed by atoms with E-state index in [-0.39, 0.29) is 12.3 Å². The lowest BCUT2D eigenvalue weighted by atomic mass is 10.1. The second-order valence-corrected chi connectivity index (χ2v) is 4.95. The highest BCUT2D eigenvalue weighted by atomic mass is 16.5. The Morgan fingerprint density at radius 3 is 3.00 bits per heavy atom. The van der Waals surface area contributed by atoms with Crippen LogP contribution in [0.3, 0.4) is 0 Å². The quantitative estimate of drug-likeness (QED) is 0.897. The summed E-state index contributed by atoms with van der Waals surface area (Å²) in [4.78, 5) is 25.2. The molecular formula is C14H15N3O3. The van der Waals surface area contributed by atoms with Gasteiger partial charge in [0.05, 0.1) is 6.42 Å². The van der Waals surface area contributed by atoms with E-state index in [1.807, 2.05) is 18.2 Å². The molecule has 1 saturated heterocycles. The van der Waals surface area contributed by atoms with Crippen molar-refractivity contribution in [1.82, 2.24) is 10.1 Å². The highest BCUT2D eigenvalue weighted by Gasteiger charge is 2.32. The van der Waals surface area contributed by atoms with Gasteiger partial charge in [0.25, 0.3) is 0 Å². The van der Waals surface area contributed by atoms with E-state index in [2.05, 4.69) is 5.16 Å². The van der Waals surface area contributed by atoms with Crippen LogP contribution in [0.15, 0.2) is 28.8 Å². The lowest BCUT2D eigenvalue weighted by Crippen LogP contribution is -2.44. The van der Waals surface area contributed by atoms with E-state index in [0.717, 1.165) is 11.8 Å². The smallest absolute Gasteiger partial charge is 0.240 e. The summed E-state index contributed by atoms with van der Waals surface area (Å²) < 4.78 is 5.17. The largest absolute Gasteiger partial charge is 0.368 e. The summed E-state index contributed by atoms with van der Waals surface area (Å²) in [5.74, 6) is -0.578. The van der Waals surface area contributed by atoms with Crippen LogP contribution in [0.2, 0.25) is 0 Å².